The van der Waals surface area contributed by atoms with Crippen LogP contribution in [-0.2, 0) is 0 Å². The van der Waals surface area contributed by atoms with E-state index in [2.05, 4.69) is 4.98 Å². The number of nitrogens with zero attached hydrogens (tertiary/aromatic N) is 2. The minimum absolute atomic E-state index is 0.170. The molecule has 138 valence electrons. The molecule has 4 aromatic rings. The van der Waals surface area contributed by atoms with E-state index in [1.807, 2.05) is 60.7 Å². The molecule has 0 N–H and O–H groups in total. The van der Waals surface area contributed by atoms with Gasteiger partial charge in [0, 0.05) is 11.6 Å². The van der Waals surface area contributed by atoms with Gasteiger partial charge in [-0.3, -0.25) is 4.98 Å². The number of amides is 1. The number of hydrogen-bond acceptors (Lipinski definition) is 3. The first-order chi connectivity index (χ1) is 13.6. The van der Waals surface area contributed by atoms with Crippen molar-refractivity contribution >= 4 is 51.6 Å². The van der Waals surface area contributed by atoms with Gasteiger partial charge in [-0.2, -0.15) is 0 Å². The summed E-state index contributed by atoms with van der Waals surface area (Å²) in [6.45, 7) is 0. The molecule has 0 aliphatic heterocycles. The van der Waals surface area contributed by atoms with E-state index < -0.39 is 6.09 Å². The number of pyridine rings is 1. The van der Waals surface area contributed by atoms with Gasteiger partial charge in [-0.25, -0.2) is 9.69 Å². The number of hydrogen-bond donors (Lipinski definition) is 0. The van der Waals surface area contributed by atoms with E-state index in [1.54, 1.807) is 24.4 Å². The maximum absolute atomic E-state index is 13.2. The maximum Gasteiger partial charge on any atom is 0.424 e. The minimum atomic E-state index is -0.603. The van der Waals surface area contributed by atoms with Crippen LogP contribution in [0.3, 0.4) is 0 Å². The summed E-state index contributed by atoms with van der Waals surface area (Å²) in [4.78, 5) is 18.9. The number of carbonyl (C=O) groups is 1. The predicted octanol–water partition coefficient (Wildman–Crippen LogP) is 6.88. The summed E-state index contributed by atoms with van der Waals surface area (Å²) in [5, 5.41) is 1.31. The Hall–Kier alpha value is -3.08. The van der Waals surface area contributed by atoms with Crippen LogP contribution in [0.5, 0.6) is 5.75 Å². The molecule has 3 aromatic carbocycles. The lowest BCUT2D eigenvalue weighted by atomic mass is 10.2. The summed E-state index contributed by atoms with van der Waals surface area (Å²) in [5.41, 5.74) is 1.76. The van der Waals surface area contributed by atoms with Crippen molar-refractivity contribution in [3.63, 3.8) is 0 Å². The first-order valence-electron chi connectivity index (χ1n) is 8.50. The zero-order chi connectivity index (χ0) is 19.5. The fourth-order valence-corrected chi connectivity index (χ4v) is 3.45. The molecule has 0 unspecified atom stereocenters. The molecule has 0 atom stereocenters. The molecule has 0 aliphatic carbocycles. The number of carbonyl (C=O) groups excluding carboxylic acids is 1. The van der Waals surface area contributed by atoms with Crippen molar-refractivity contribution in [3.05, 3.63) is 95.1 Å². The Labute approximate surface area is 171 Å². The molecule has 28 heavy (non-hydrogen) atoms. The number of ether oxygens (including phenoxy) is 1. The van der Waals surface area contributed by atoms with Gasteiger partial charge in [0.2, 0.25) is 0 Å². The summed E-state index contributed by atoms with van der Waals surface area (Å²) >= 11 is 12.6. The van der Waals surface area contributed by atoms with Crippen molar-refractivity contribution in [1.29, 1.82) is 0 Å². The van der Waals surface area contributed by atoms with E-state index in [0.29, 0.717) is 27.3 Å². The van der Waals surface area contributed by atoms with Crippen LogP contribution in [0, 0.1) is 0 Å². The minimum Gasteiger partial charge on any atom is -0.406 e. The normalized spacial score (nSPS) is 10.6. The van der Waals surface area contributed by atoms with Crippen molar-refractivity contribution in [2.45, 2.75) is 0 Å². The zero-order valence-corrected chi connectivity index (χ0v) is 16.1. The molecule has 0 spiro atoms. The predicted molar refractivity (Wildman–Crippen MR) is 113 cm³/mol. The Kier molecular flexibility index (Phi) is 5.15. The Bertz CT molecular complexity index is 1100. The van der Waals surface area contributed by atoms with E-state index in [4.69, 9.17) is 27.9 Å². The molecule has 1 aromatic heterocycles. The second kappa shape index (κ2) is 7.89. The topological polar surface area (TPSA) is 42.4 Å². The van der Waals surface area contributed by atoms with Crippen molar-refractivity contribution in [1.82, 2.24) is 4.98 Å². The molecule has 0 fully saturated rings. The largest absolute Gasteiger partial charge is 0.424 e. The number of aromatic nitrogens is 1. The van der Waals surface area contributed by atoms with Crippen LogP contribution in [0.15, 0.2) is 85.1 Å². The van der Waals surface area contributed by atoms with E-state index in [0.717, 1.165) is 0 Å². The standard InChI is InChI=1S/C22H14Cl2N2O2/c23-18-14-19(24)21(20-17(18)12-7-13-25-20)28-22(27)26(15-8-3-1-4-9-15)16-10-5-2-6-11-16/h1-14H. The van der Waals surface area contributed by atoms with E-state index >= 15 is 0 Å². The van der Waals surface area contributed by atoms with Gasteiger partial charge in [0.25, 0.3) is 0 Å². The number of para-hydroxylation sites is 2. The molecule has 0 saturated carbocycles. The second-order valence-electron chi connectivity index (χ2n) is 5.94. The highest BCUT2D eigenvalue weighted by atomic mass is 35.5. The molecule has 4 rings (SSSR count). The number of benzene rings is 3. The Morgan fingerprint density at radius 3 is 2.04 bits per heavy atom. The first kappa shape index (κ1) is 18.3. The van der Waals surface area contributed by atoms with Gasteiger partial charge in [-0.05, 0) is 42.5 Å². The van der Waals surface area contributed by atoms with Gasteiger partial charge in [-0.15, -0.1) is 0 Å². The van der Waals surface area contributed by atoms with Gasteiger partial charge in [0.15, 0.2) is 5.75 Å². The fraction of sp³-hybridized carbons (Fsp3) is 0. The second-order valence-corrected chi connectivity index (χ2v) is 6.76. The molecule has 0 radical (unpaired) electrons. The van der Waals surface area contributed by atoms with Crippen LogP contribution in [-0.4, -0.2) is 11.1 Å². The van der Waals surface area contributed by atoms with Crippen LogP contribution in [0.2, 0.25) is 10.0 Å². The number of anilines is 2. The number of fused-ring (bicyclic) bond motifs is 1. The lowest BCUT2D eigenvalue weighted by molar-refractivity contribution is 0.211. The van der Waals surface area contributed by atoms with Crippen LogP contribution < -0.4 is 9.64 Å². The highest BCUT2D eigenvalue weighted by molar-refractivity contribution is 6.39. The summed E-state index contributed by atoms with van der Waals surface area (Å²) < 4.78 is 5.72. The van der Waals surface area contributed by atoms with Crippen LogP contribution in [0.4, 0.5) is 16.2 Å². The fourth-order valence-electron chi connectivity index (χ4n) is 2.89. The van der Waals surface area contributed by atoms with E-state index in [-0.39, 0.29) is 10.8 Å². The summed E-state index contributed by atoms with van der Waals surface area (Å²) in [7, 11) is 0. The average molecular weight is 409 g/mol. The highest BCUT2D eigenvalue weighted by Crippen LogP contribution is 2.38. The third-order valence-corrected chi connectivity index (χ3v) is 4.74. The maximum atomic E-state index is 13.2. The quantitative estimate of drug-likeness (QED) is 0.371. The average Bonchev–Trinajstić information content (AvgIpc) is 2.73. The van der Waals surface area contributed by atoms with Gasteiger partial charge in [0.1, 0.15) is 5.52 Å². The number of halogens is 2. The first-order valence-corrected chi connectivity index (χ1v) is 9.25. The molecular formula is C22H14Cl2N2O2. The molecule has 1 amide bonds. The summed E-state index contributed by atoms with van der Waals surface area (Å²) in [6.07, 6.45) is 0.993. The monoisotopic (exact) mass is 408 g/mol. The molecule has 1 heterocycles. The van der Waals surface area contributed by atoms with Gasteiger partial charge >= 0.3 is 6.09 Å². The molecular weight excluding hydrogens is 395 g/mol. The lowest BCUT2D eigenvalue weighted by Gasteiger charge is -2.22. The summed E-state index contributed by atoms with van der Waals surface area (Å²) in [6, 6.07) is 23.6. The SMILES string of the molecule is O=C(Oc1c(Cl)cc(Cl)c2cccnc12)N(c1ccccc1)c1ccccc1. The number of rotatable bonds is 3. The van der Waals surface area contributed by atoms with Crippen molar-refractivity contribution in [2.24, 2.45) is 0 Å². The van der Waals surface area contributed by atoms with E-state index in [9.17, 15) is 4.79 Å². The molecule has 6 heteroatoms. The van der Waals surface area contributed by atoms with Crippen LogP contribution in [0.1, 0.15) is 0 Å². The Morgan fingerprint density at radius 1 is 0.821 bits per heavy atom. The lowest BCUT2D eigenvalue weighted by Crippen LogP contribution is -2.29. The molecule has 0 bridgehead atoms. The Morgan fingerprint density at radius 2 is 1.43 bits per heavy atom. The highest BCUT2D eigenvalue weighted by Gasteiger charge is 2.23. The van der Waals surface area contributed by atoms with Crippen molar-refractivity contribution in [2.75, 3.05) is 4.90 Å². The van der Waals surface area contributed by atoms with Crippen molar-refractivity contribution in [3.8, 4) is 5.75 Å². The third-order valence-electron chi connectivity index (χ3n) is 4.15. The van der Waals surface area contributed by atoms with E-state index in [1.165, 1.54) is 4.90 Å². The molecule has 4 nitrogen and oxygen atoms in total. The zero-order valence-electron chi connectivity index (χ0n) is 14.5. The third kappa shape index (κ3) is 3.52. The van der Waals surface area contributed by atoms with Gasteiger partial charge in [-0.1, -0.05) is 59.6 Å². The van der Waals surface area contributed by atoms with Gasteiger partial charge < -0.3 is 4.74 Å². The smallest absolute Gasteiger partial charge is 0.406 e. The van der Waals surface area contributed by atoms with Crippen molar-refractivity contribution < 1.29 is 9.53 Å². The summed E-state index contributed by atoms with van der Waals surface area (Å²) in [5.74, 6) is 0.170. The van der Waals surface area contributed by atoms with Crippen LogP contribution in [0.25, 0.3) is 10.9 Å². The van der Waals surface area contributed by atoms with Gasteiger partial charge in [0.05, 0.1) is 21.4 Å². The van der Waals surface area contributed by atoms with Crippen LogP contribution >= 0.6 is 23.2 Å². The molecule has 0 aliphatic rings. The molecule has 0 saturated heterocycles. The Balaban J connectivity index is 1.79.